The number of imidazole rings is 1. The van der Waals surface area contributed by atoms with Gasteiger partial charge in [-0.15, -0.1) is 0 Å². The molecule has 5 nitrogen and oxygen atoms in total. The normalized spacial score (nSPS) is 14.6. The van der Waals surface area contributed by atoms with E-state index in [1.165, 1.54) is 32.1 Å². The van der Waals surface area contributed by atoms with E-state index >= 15 is 0 Å². The molecule has 138 valence electrons. The molecule has 0 aliphatic heterocycles. The van der Waals surface area contributed by atoms with Crippen LogP contribution in [0.3, 0.4) is 0 Å². The Morgan fingerprint density at radius 1 is 1.04 bits per heavy atom. The van der Waals surface area contributed by atoms with Crippen LogP contribution in [0.4, 0.5) is 11.5 Å². The number of anilines is 2. The Balaban J connectivity index is 0.000000948. The molecule has 1 saturated carbocycles. The van der Waals surface area contributed by atoms with Crippen LogP contribution in [0.5, 0.6) is 0 Å². The van der Waals surface area contributed by atoms with E-state index in [1.807, 2.05) is 39.5 Å². The van der Waals surface area contributed by atoms with E-state index in [-0.39, 0.29) is 0 Å². The standard InChI is InChI=1S/C19H23N5.C2H6/c1-20-15-9-7-14(8-10-15)18-19(22-16-5-3-2-4-6-16)24-12-11-21-13-17(24)23-18;1-2/h7-13,16,20,22H,2-6H2,1H3;1-2H3. The van der Waals surface area contributed by atoms with Gasteiger partial charge in [0.25, 0.3) is 0 Å². The molecular weight excluding hydrogens is 322 g/mol. The van der Waals surface area contributed by atoms with E-state index in [0.717, 1.165) is 28.4 Å². The Bertz CT molecular complexity index is 816. The molecule has 0 radical (unpaired) electrons. The van der Waals surface area contributed by atoms with Gasteiger partial charge in [-0.1, -0.05) is 45.2 Å². The SMILES string of the molecule is CC.CNc1ccc(-c2nc3cnccn3c2NC2CCCCC2)cc1. The number of benzene rings is 1. The van der Waals surface area contributed by atoms with Crippen molar-refractivity contribution >= 4 is 17.2 Å². The van der Waals surface area contributed by atoms with Gasteiger partial charge in [-0.25, -0.2) is 4.98 Å². The second-order valence-corrected chi connectivity index (χ2v) is 6.42. The fraction of sp³-hybridized carbons (Fsp3) is 0.429. The van der Waals surface area contributed by atoms with Crippen molar-refractivity contribution in [3.8, 4) is 11.3 Å². The number of nitrogens with one attached hydrogen (secondary N) is 2. The quantitative estimate of drug-likeness (QED) is 0.677. The van der Waals surface area contributed by atoms with Crippen LogP contribution in [-0.4, -0.2) is 27.5 Å². The van der Waals surface area contributed by atoms with Crippen molar-refractivity contribution in [2.75, 3.05) is 17.7 Å². The number of aromatic nitrogens is 3. The molecule has 0 amide bonds. The van der Waals surface area contributed by atoms with E-state index < -0.39 is 0 Å². The topological polar surface area (TPSA) is 54.2 Å². The minimum absolute atomic E-state index is 0.530. The molecule has 5 heteroatoms. The first-order chi connectivity index (χ1) is 12.8. The van der Waals surface area contributed by atoms with Crippen molar-refractivity contribution < 1.29 is 0 Å². The second kappa shape index (κ2) is 8.70. The third-order valence-corrected chi connectivity index (χ3v) is 4.82. The zero-order valence-corrected chi connectivity index (χ0v) is 16.0. The Labute approximate surface area is 155 Å². The van der Waals surface area contributed by atoms with Gasteiger partial charge in [0.2, 0.25) is 0 Å². The van der Waals surface area contributed by atoms with Crippen molar-refractivity contribution in [2.24, 2.45) is 0 Å². The van der Waals surface area contributed by atoms with Gasteiger partial charge in [0.1, 0.15) is 11.5 Å². The minimum atomic E-state index is 0.530. The van der Waals surface area contributed by atoms with Gasteiger partial charge in [-0.3, -0.25) is 9.38 Å². The lowest BCUT2D eigenvalue weighted by Crippen LogP contribution is -2.23. The highest BCUT2D eigenvalue weighted by Crippen LogP contribution is 2.31. The van der Waals surface area contributed by atoms with Crippen LogP contribution in [0, 0.1) is 0 Å². The maximum absolute atomic E-state index is 4.82. The largest absolute Gasteiger partial charge is 0.388 e. The van der Waals surface area contributed by atoms with E-state index in [4.69, 9.17) is 4.98 Å². The van der Waals surface area contributed by atoms with Crippen molar-refractivity contribution in [2.45, 2.75) is 52.0 Å². The first kappa shape index (κ1) is 18.2. The average molecular weight is 351 g/mol. The van der Waals surface area contributed by atoms with Gasteiger partial charge in [0.05, 0.1) is 6.20 Å². The molecule has 0 spiro atoms. The number of nitrogens with zero attached hydrogens (tertiary/aromatic N) is 3. The van der Waals surface area contributed by atoms with Crippen molar-refractivity contribution in [3.63, 3.8) is 0 Å². The molecule has 0 bridgehead atoms. The van der Waals surface area contributed by atoms with Crippen molar-refractivity contribution in [1.29, 1.82) is 0 Å². The van der Waals surface area contributed by atoms with Crippen LogP contribution in [0.2, 0.25) is 0 Å². The van der Waals surface area contributed by atoms with Crippen molar-refractivity contribution in [1.82, 2.24) is 14.4 Å². The lowest BCUT2D eigenvalue weighted by molar-refractivity contribution is 0.461. The molecule has 26 heavy (non-hydrogen) atoms. The summed E-state index contributed by atoms with van der Waals surface area (Å²) in [5, 5.41) is 6.92. The van der Waals surface area contributed by atoms with E-state index in [2.05, 4.69) is 44.3 Å². The summed E-state index contributed by atoms with van der Waals surface area (Å²) in [7, 11) is 1.93. The van der Waals surface area contributed by atoms with Gasteiger partial charge < -0.3 is 10.6 Å². The fourth-order valence-electron chi connectivity index (χ4n) is 3.48. The van der Waals surface area contributed by atoms with Gasteiger partial charge in [-0.2, -0.15) is 0 Å². The summed E-state index contributed by atoms with van der Waals surface area (Å²) in [6.45, 7) is 4.00. The zero-order chi connectivity index (χ0) is 18.4. The Morgan fingerprint density at radius 2 is 1.77 bits per heavy atom. The molecule has 4 rings (SSSR count). The monoisotopic (exact) mass is 351 g/mol. The van der Waals surface area contributed by atoms with Crippen LogP contribution < -0.4 is 10.6 Å². The minimum Gasteiger partial charge on any atom is -0.388 e. The fourth-order valence-corrected chi connectivity index (χ4v) is 3.48. The summed E-state index contributed by atoms with van der Waals surface area (Å²) in [5.41, 5.74) is 4.10. The maximum atomic E-state index is 4.82. The van der Waals surface area contributed by atoms with Gasteiger partial charge in [0, 0.05) is 36.7 Å². The predicted molar refractivity (Wildman–Crippen MR) is 110 cm³/mol. The second-order valence-electron chi connectivity index (χ2n) is 6.42. The van der Waals surface area contributed by atoms with E-state index in [1.54, 1.807) is 0 Å². The summed E-state index contributed by atoms with van der Waals surface area (Å²) >= 11 is 0. The number of hydrogen-bond donors (Lipinski definition) is 2. The number of fused-ring (bicyclic) bond motifs is 1. The van der Waals surface area contributed by atoms with Gasteiger partial charge in [-0.05, 0) is 25.0 Å². The third kappa shape index (κ3) is 3.82. The van der Waals surface area contributed by atoms with Gasteiger partial charge in [0.15, 0.2) is 5.65 Å². The molecule has 2 aromatic heterocycles. The number of hydrogen-bond acceptors (Lipinski definition) is 4. The first-order valence-electron chi connectivity index (χ1n) is 9.72. The Hall–Kier alpha value is -2.56. The van der Waals surface area contributed by atoms with Crippen LogP contribution in [0.1, 0.15) is 46.0 Å². The zero-order valence-electron chi connectivity index (χ0n) is 16.0. The van der Waals surface area contributed by atoms with Crippen LogP contribution in [0.25, 0.3) is 16.9 Å². The Morgan fingerprint density at radius 3 is 2.46 bits per heavy atom. The van der Waals surface area contributed by atoms with Gasteiger partial charge >= 0.3 is 0 Å². The molecule has 2 N–H and O–H groups in total. The van der Waals surface area contributed by atoms with Crippen molar-refractivity contribution in [3.05, 3.63) is 42.9 Å². The number of rotatable bonds is 4. The molecule has 0 atom stereocenters. The highest BCUT2D eigenvalue weighted by molar-refractivity contribution is 5.77. The third-order valence-electron chi connectivity index (χ3n) is 4.82. The molecular formula is C21H29N5. The summed E-state index contributed by atoms with van der Waals surface area (Å²) in [4.78, 5) is 9.04. The maximum Gasteiger partial charge on any atom is 0.157 e. The Kier molecular flexibility index (Phi) is 6.10. The van der Waals surface area contributed by atoms with Crippen LogP contribution in [0.15, 0.2) is 42.9 Å². The summed E-state index contributed by atoms with van der Waals surface area (Å²) in [6.07, 6.45) is 12.1. The summed E-state index contributed by atoms with van der Waals surface area (Å²) in [6, 6.07) is 8.94. The average Bonchev–Trinajstić information content (AvgIpc) is 3.09. The highest BCUT2D eigenvalue weighted by atomic mass is 15.2. The van der Waals surface area contributed by atoms with E-state index in [0.29, 0.717) is 6.04 Å². The highest BCUT2D eigenvalue weighted by Gasteiger charge is 2.19. The first-order valence-corrected chi connectivity index (χ1v) is 9.72. The molecule has 1 aliphatic rings. The van der Waals surface area contributed by atoms with E-state index in [9.17, 15) is 0 Å². The molecule has 1 fully saturated rings. The molecule has 0 saturated heterocycles. The van der Waals surface area contributed by atoms with Crippen LogP contribution in [-0.2, 0) is 0 Å². The molecule has 0 unspecified atom stereocenters. The summed E-state index contributed by atoms with van der Waals surface area (Å²) in [5.74, 6) is 1.08. The smallest absolute Gasteiger partial charge is 0.157 e. The predicted octanol–water partition coefficient (Wildman–Crippen LogP) is 5.21. The van der Waals surface area contributed by atoms with Crippen LogP contribution >= 0.6 is 0 Å². The lowest BCUT2D eigenvalue weighted by atomic mass is 9.95. The molecule has 2 heterocycles. The lowest BCUT2D eigenvalue weighted by Gasteiger charge is -2.24. The molecule has 3 aromatic rings. The molecule has 1 aliphatic carbocycles. The summed E-state index contributed by atoms with van der Waals surface area (Å²) < 4.78 is 2.11. The molecule has 1 aromatic carbocycles.